The standard InChI is InChI=1S/C9H10N2O3S2.C2H6/c12-6-9(3-4-9)16-15-8-2-1-7(5-10-8)11(13)14;1-2/h1-2,5,12H,3-4,6H2;1-2H3. The van der Waals surface area contributed by atoms with Crippen molar-refractivity contribution in [1.29, 1.82) is 0 Å². The number of aromatic nitrogens is 1. The summed E-state index contributed by atoms with van der Waals surface area (Å²) in [7, 11) is 3.05. The molecule has 1 aromatic heterocycles. The number of hydrogen-bond donors (Lipinski definition) is 1. The molecule has 7 heteroatoms. The van der Waals surface area contributed by atoms with E-state index in [-0.39, 0.29) is 17.0 Å². The number of rotatable bonds is 5. The third-order valence-corrected chi connectivity index (χ3v) is 5.54. The van der Waals surface area contributed by atoms with Gasteiger partial charge in [-0.2, -0.15) is 0 Å². The van der Waals surface area contributed by atoms with Crippen LogP contribution in [0.5, 0.6) is 0 Å². The maximum absolute atomic E-state index is 10.4. The van der Waals surface area contributed by atoms with Crippen LogP contribution in [0.15, 0.2) is 23.4 Å². The first-order chi connectivity index (χ1) is 8.65. The molecule has 0 atom stereocenters. The monoisotopic (exact) mass is 288 g/mol. The smallest absolute Gasteiger partial charge is 0.287 e. The van der Waals surface area contributed by atoms with Gasteiger partial charge in [-0.3, -0.25) is 10.1 Å². The molecule has 0 spiro atoms. The van der Waals surface area contributed by atoms with Crippen LogP contribution in [0.2, 0.25) is 0 Å². The van der Waals surface area contributed by atoms with Crippen LogP contribution in [-0.2, 0) is 0 Å². The van der Waals surface area contributed by atoms with Gasteiger partial charge in [0.25, 0.3) is 5.69 Å². The third kappa shape index (κ3) is 4.15. The number of hydrogen-bond acceptors (Lipinski definition) is 6. The van der Waals surface area contributed by atoms with Crippen molar-refractivity contribution in [1.82, 2.24) is 4.98 Å². The lowest BCUT2D eigenvalue weighted by Gasteiger charge is -2.08. The van der Waals surface area contributed by atoms with Gasteiger partial charge in [0.1, 0.15) is 11.2 Å². The Morgan fingerprint density at radius 3 is 2.56 bits per heavy atom. The second-order valence-electron chi connectivity index (χ2n) is 3.62. The predicted octanol–water partition coefficient (Wildman–Crippen LogP) is 3.28. The van der Waals surface area contributed by atoms with Gasteiger partial charge in [-0.25, -0.2) is 4.98 Å². The maximum Gasteiger partial charge on any atom is 0.287 e. The number of aliphatic hydroxyl groups excluding tert-OH is 1. The second-order valence-corrected chi connectivity index (χ2v) is 6.24. The average Bonchev–Trinajstić information content (AvgIpc) is 3.20. The Hall–Kier alpha value is -0.790. The van der Waals surface area contributed by atoms with Crippen molar-refractivity contribution in [3.8, 4) is 0 Å². The van der Waals surface area contributed by atoms with Crippen LogP contribution in [0, 0.1) is 10.1 Å². The van der Waals surface area contributed by atoms with Gasteiger partial charge in [-0.15, -0.1) is 0 Å². The van der Waals surface area contributed by atoms with E-state index in [0.29, 0.717) is 0 Å². The van der Waals surface area contributed by atoms with Crippen molar-refractivity contribution in [2.24, 2.45) is 0 Å². The molecule has 1 N–H and O–H groups in total. The molecule has 100 valence electrons. The summed E-state index contributed by atoms with van der Waals surface area (Å²) in [6.45, 7) is 4.18. The summed E-state index contributed by atoms with van der Waals surface area (Å²) in [5.74, 6) is 0. The SMILES string of the molecule is CC.O=[N+]([O-])c1ccc(SSC2(CO)CC2)nc1. The molecule has 2 rings (SSSR count). The van der Waals surface area contributed by atoms with Crippen molar-refractivity contribution >= 4 is 27.3 Å². The molecule has 1 aliphatic carbocycles. The van der Waals surface area contributed by atoms with Crippen molar-refractivity contribution in [2.75, 3.05) is 6.61 Å². The summed E-state index contributed by atoms with van der Waals surface area (Å²) in [6.07, 6.45) is 3.30. The van der Waals surface area contributed by atoms with Crippen LogP contribution in [0.25, 0.3) is 0 Å². The molecular formula is C11H16N2O3S2. The zero-order valence-electron chi connectivity index (χ0n) is 10.3. The first kappa shape index (κ1) is 15.3. The van der Waals surface area contributed by atoms with Gasteiger partial charge in [0, 0.05) is 10.8 Å². The van der Waals surface area contributed by atoms with Crippen LogP contribution in [0.3, 0.4) is 0 Å². The van der Waals surface area contributed by atoms with Crippen LogP contribution in [-0.4, -0.2) is 26.4 Å². The molecule has 1 fully saturated rings. The molecule has 0 radical (unpaired) electrons. The number of pyridine rings is 1. The molecule has 0 amide bonds. The van der Waals surface area contributed by atoms with Crippen LogP contribution in [0.4, 0.5) is 5.69 Å². The number of nitro groups is 1. The fourth-order valence-electron chi connectivity index (χ4n) is 1.07. The van der Waals surface area contributed by atoms with E-state index < -0.39 is 4.92 Å². The van der Waals surface area contributed by atoms with Crippen LogP contribution in [0.1, 0.15) is 26.7 Å². The molecule has 1 aliphatic rings. The van der Waals surface area contributed by atoms with E-state index in [0.717, 1.165) is 17.9 Å². The van der Waals surface area contributed by atoms with Gasteiger partial charge >= 0.3 is 0 Å². The van der Waals surface area contributed by atoms with Gasteiger partial charge < -0.3 is 5.11 Å². The van der Waals surface area contributed by atoms with Gasteiger partial charge in [0.05, 0.1) is 11.5 Å². The first-order valence-corrected chi connectivity index (χ1v) is 7.87. The van der Waals surface area contributed by atoms with E-state index in [9.17, 15) is 10.1 Å². The Morgan fingerprint density at radius 2 is 2.17 bits per heavy atom. The summed E-state index contributed by atoms with van der Waals surface area (Å²) >= 11 is 0. The Kier molecular flexibility index (Phi) is 5.90. The van der Waals surface area contributed by atoms with E-state index in [1.165, 1.54) is 23.1 Å². The summed E-state index contributed by atoms with van der Waals surface area (Å²) in [5, 5.41) is 20.2. The largest absolute Gasteiger partial charge is 0.395 e. The third-order valence-electron chi connectivity index (χ3n) is 2.33. The summed E-state index contributed by atoms with van der Waals surface area (Å²) < 4.78 is -0.00583. The topological polar surface area (TPSA) is 76.3 Å². The fraction of sp³-hybridized carbons (Fsp3) is 0.545. The lowest BCUT2D eigenvalue weighted by atomic mass is 10.4. The van der Waals surface area contributed by atoms with Crippen molar-refractivity contribution in [2.45, 2.75) is 36.5 Å². The van der Waals surface area contributed by atoms with Gasteiger partial charge in [0.15, 0.2) is 0 Å². The predicted molar refractivity (Wildman–Crippen MR) is 74.7 cm³/mol. The average molecular weight is 288 g/mol. The van der Waals surface area contributed by atoms with Gasteiger partial charge in [0.2, 0.25) is 0 Å². The van der Waals surface area contributed by atoms with E-state index in [2.05, 4.69) is 4.98 Å². The fourth-order valence-corrected chi connectivity index (χ4v) is 3.61. The van der Waals surface area contributed by atoms with Gasteiger partial charge in [-0.05, 0) is 29.7 Å². The normalized spacial score (nSPS) is 15.5. The number of nitrogens with zero attached hydrogens (tertiary/aromatic N) is 2. The highest BCUT2D eigenvalue weighted by atomic mass is 33.1. The molecule has 1 aromatic rings. The minimum Gasteiger partial charge on any atom is -0.395 e. The minimum atomic E-state index is -0.468. The van der Waals surface area contributed by atoms with E-state index in [1.807, 2.05) is 13.8 Å². The zero-order chi connectivity index (χ0) is 13.6. The molecule has 1 saturated carbocycles. The highest BCUT2D eigenvalue weighted by Gasteiger charge is 2.43. The maximum atomic E-state index is 10.4. The summed E-state index contributed by atoms with van der Waals surface area (Å²) in [4.78, 5) is 13.9. The summed E-state index contributed by atoms with van der Waals surface area (Å²) in [6, 6.07) is 3.07. The van der Waals surface area contributed by atoms with Crippen LogP contribution < -0.4 is 0 Å². The molecular weight excluding hydrogens is 272 g/mol. The van der Waals surface area contributed by atoms with Crippen molar-refractivity contribution < 1.29 is 10.0 Å². The quantitative estimate of drug-likeness (QED) is 0.509. The molecule has 5 nitrogen and oxygen atoms in total. The van der Waals surface area contributed by atoms with Crippen LogP contribution >= 0.6 is 21.6 Å². The molecule has 18 heavy (non-hydrogen) atoms. The molecule has 0 aliphatic heterocycles. The second kappa shape index (κ2) is 6.96. The van der Waals surface area contributed by atoms with Crippen molar-refractivity contribution in [3.05, 3.63) is 28.4 Å². The van der Waals surface area contributed by atoms with Crippen molar-refractivity contribution in [3.63, 3.8) is 0 Å². The lowest BCUT2D eigenvalue weighted by molar-refractivity contribution is -0.385. The molecule has 0 bridgehead atoms. The summed E-state index contributed by atoms with van der Waals surface area (Å²) in [5.41, 5.74) is -0.00218. The number of aliphatic hydroxyl groups is 1. The zero-order valence-corrected chi connectivity index (χ0v) is 12.0. The van der Waals surface area contributed by atoms with Gasteiger partial charge in [-0.1, -0.05) is 24.6 Å². The Labute approximate surface area is 114 Å². The molecule has 1 heterocycles. The van der Waals surface area contributed by atoms with E-state index in [4.69, 9.17) is 5.11 Å². The highest BCUT2D eigenvalue weighted by molar-refractivity contribution is 8.77. The molecule has 0 saturated heterocycles. The Bertz CT molecular complexity index is 394. The Balaban J connectivity index is 0.000000771. The highest BCUT2D eigenvalue weighted by Crippen LogP contribution is 2.54. The lowest BCUT2D eigenvalue weighted by Crippen LogP contribution is -2.06. The first-order valence-electron chi connectivity index (χ1n) is 5.72. The molecule has 0 unspecified atom stereocenters. The van der Waals surface area contributed by atoms with E-state index in [1.54, 1.807) is 16.9 Å². The Morgan fingerprint density at radius 1 is 1.50 bits per heavy atom. The minimum absolute atomic E-state index is 0.00218. The molecule has 0 aromatic carbocycles. The van der Waals surface area contributed by atoms with E-state index >= 15 is 0 Å².